The van der Waals surface area contributed by atoms with E-state index in [1.165, 1.54) is 29.4 Å². The highest BCUT2D eigenvalue weighted by Crippen LogP contribution is 2.85. The van der Waals surface area contributed by atoms with Crippen LogP contribution in [0.15, 0.2) is 46.2 Å². The molecule has 4 aromatic rings. The Labute approximate surface area is 188 Å². The van der Waals surface area contributed by atoms with E-state index in [0.29, 0.717) is 46.9 Å². The van der Waals surface area contributed by atoms with Crippen LogP contribution in [0, 0.1) is 11.8 Å². The van der Waals surface area contributed by atoms with E-state index in [4.69, 9.17) is 4.52 Å². The maximum Gasteiger partial charge on any atom is 0.573 e. The minimum Gasteiger partial charge on any atom is -0.406 e. The Morgan fingerprint density at radius 1 is 1.26 bits per heavy atom. The highest BCUT2D eigenvalue weighted by molar-refractivity contribution is 5.69. The zero-order valence-electron chi connectivity index (χ0n) is 17.6. The minimum atomic E-state index is -4.74. The molecule has 4 atom stereocenters. The molecule has 8 rings (SSSR count). The standard InChI is InChI=1S/C21H16F3N7O3/c1-29-8-25-17-15(29)18(32)30(9-26-17)7-13-27-19(28-34-13)20-12-6-31(16(20)14(12)20)10-3-2-4-11(5-10)33-21(22,23)24/h2-5,8-9,12,14,16H,6-7H2,1H3/t12-,14-,16?,20-/m1/s1. The van der Waals surface area contributed by atoms with Crippen molar-refractivity contribution in [3.05, 3.63) is 59.0 Å². The van der Waals surface area contributed by atoms with Gasteiger partial charge in [0.25, 0.3) is 5.56 Å². The molecule has 1 unspecified atom stereocenters. The SMILES string of the molecule is Cn1cnc2ncn(Cc3nc([C@@]45C6[C@H]4[C@H]5CN6c4cccc(OC(F)(F)F)c4)no3)c(=O)c21. The molecule has 0 N–H and O–H groups in total. The van der Waals surface area contributed by atoms with Crippen LogP contribution in [0.4, 0.5) is 18.9 Å². The van der Waals surface area contributed by atoms with Crippen LogP contribution >= 0.6 is 0 Å². The highest BCUT2D eigenvalue weighted by atomic mass is 19.4. The fourth-order valence-corrected chi connectivity index (χ4v) is 5.69. The zero-order chi connectivity index (χ0) is 23.4. The maximum absolute atomic E-state index is 12.8. The van der Waals surface area contributed by atoms with Crippen LogP contribution in [0.1, 0.15) is 11.7 Å². The number of aryl methyl sites for hydroxylation is 1. The number of ether oxygens (including phenoxy) is 1. The minimum absolute atomic E-state index is 0.0799. The van der Waals surface area contributed by atoms with Crippen molar-refractivity contribution < 1.29 is 22.4 Å². The molecule has 1 aromatic carbocycles. The fourth-order valence-electron chi connectivity index (χ4n) is 5.69. The highest BCUT2D eigenvalue weighted by Gasteiger charge is 2.95. The van der Waals surface area contributed by atoms with E-state index in [2.05, 4.69) is 29.7 Å². The van der Waals surface area contributed by atoms with E-state index in [0.717, 1.165) is 0 Å². The molecule has 5 heterocycles. The van der Waals surface area contributed by atoms with Gasteiger partial charge in [0.15, 0.2) is 17.0 Å². The molecule has 34 heavy (non-hydrogen) atoms. The smallest absolute Gasteiger partial charge is 0.406 e. The normalized spacial score (nSPS) is 26.7. The van der Waals surface area contributed by atoms with Crippen LogP contribution in [0.5, 0.6) is 5.75 Å². The van der Waals surface area contributed by atoms with Gasteiger partial charge in [0.05, 0.1) is 11.7 Å². The van der Waals surface area contributed by atoms with Gasteiger partial charge in [0.1, 0.15) is 18.6 Å². The molecule has 4 fully saturated rings. The lowest BCUT2D eigenvalue weighted by molar-refractivity contribution is -0.274. The van der Waals surface area contributed by atoms with Gasteiger partial charge in [0, 0.05) is 37.3 Å². The van der Waals surface area contributed by atoms with E-state index < -0.39 is 6.36 Å². The summed E-state index contributed by atoms with van der Waals surface area (Å²) in [6, 6.07) is 6.11. The van der Waals surface area contributed by atoms with Crippen molar-refractivity contribution in [2.75, 3.05) is 11.4 Å². The van der Waals surface area contributed by atoms with Crippen LogP contribution in [-0.2, 0) is 19.0 Å². The number of fused-ring (bicyclic) bond motifs is 2. The first-order valence-corrected chi connectivity index (χ1v) is 10.6. The summed E-state index contributed by atoms with van der Waals surface area (Å²) in [4.78, 5) is 27.7. The monoisotopic (exact) mass is 471 g/mol. The molecular weight excluding hydrogens is 455 g/mol. The van der Waals surface area contributed by atoms with Crippen molar-refractivity contribution in [1.82, 2.24) is 29.2 Å². The molecule has 3 aromatic heterocycles. The summed E-state index contributed by atoms with van der Waals surface area (Å²) >= 11 is 0. The first kappa shape index (κ1) is 19.6. The quantitative estimate of drug-likeness (QED) is 0.435. The molecule has 2 saturated heterocycles. The third-order valence-electron chi connectivity index (χ3n) is 7.18. The topological polar surface area (TPSA) is 104 Å². The number of aromatic nitrogens is 6. The molecule has 0 radical (unpaired) electrons. The average Bonchev–Trinajstić information content (AvgIpc) is 3.23. The lowest BCUT2D eigenvalue weighted by Gasteiger charge is -2.20. The first-order valence-electron chi connectivity index (χ1n) is 10.6. The second kappa shape index (κ2) is 6.15. The molecule has 0 spiro atoms. The van der Waals surface area contributed by atoms with E-state index in [9.17, 15) is 18.0 Å². The number of halogens is 3. The Kier molecular flexibility index (Phi) is 3.54. The maximum atomic E-state index is 12.8. The summed E-state index contributed by atoms with van der Waals surface area (Å²) in [6.07, 6.45) is -1.81. The number of hydrogen-bond acceptors (Lipinski definition) is 8. The Hall–Kier alpha value is -3.90. The predicted octanol–water partition coefficient (Wildman–Crippen LogP) is 1.85. The first-order chi connectivity index (χ1) is 16.3. The van der Waals surface area contributed by atoms with Gasteiger partial charge in [-0.05, 0) is 18.1 Å². The van der Waals surface area contributed by atoms with Gasteiger partial charge in [-0.25, -0.2) is 9.97 Å². The molecular formula is C21H16F3N7O3. The molecule has 2 aliphatic carbocycles. The number of benzene rings is 1. The van der Waals surface area contributed by atoms with Crippen molar-refractivity contribution in [2.45, 2.75) is 24.4 Å². The number of anilines is 1. The largest absolute Gasteiger partial charge is 0.573 e. The molecule has 2 saturated carbocycles. The number of piperidine rings is 1. The number of nitrogens with zero attached hydrogens (tertiary/aromatic N) is 7. The van der Waals surface area contributed by atoms with Crippen molar-refractivity contribution in [3.8, 4) is 5.75 Å². The van der Waals surface area contributed by atoms with Crippen LogP contribution in [0.3, 0.4) is 0 Å². The van der Waals surface area contributed by atoms with Gasteiger partial charge in [-0.15, -0.1) is 13.2 Å². The van der Waals surface area contributed by atoms with E-state index in [1.807, 2.05) is 0 Å². The van der Waals surface area contributed by atoms with Gasteiger partial charge in [0.2, 0.25) is 5.89 Å². The van der Waals surface area contributed by atoms with Gasteiger partial charge >= 0.3 is 6.36 Å². The van der Waals surface area contributed by atoms with Gasteiger partial charge in [-0.3, -0.25) is 9.36 Å². The molecule has 4 aliphatic rings. The number of imidazole rings is 1. The van der Waals surface area contributed by atoms with E-state index in [1.54, 1.807) is 23.7 Å². The van der Waals surface area contributed by atoms with E-state index >= 15 is 0 Å². The molecule has 2 bridgehead atoms. The van der Waals surface area contributed by atoms with Crippen molar-refractivity contribution in [1.29, 1.82) is 0 Å². The van der Waals surface area contributed by atoms with Crippen LogP contribution < -0.4 is 15.2 Å². The third kappa shape index (κ3) is 2.54. The third-order valence-corrected chi connectivity index (χ3v) is 7.18. The Balaban J connectivity index is 1.12. The fraction of sp³-hybridized carbons (Fsp3) is 0.381. The molecule has 174 valence electrons. The Morgan fingerprint density at radius 3 is 2.88 bits per heavy atom. The zero-order valence-corrected chi connectivity index (χ0v) is 17.6. The van der Waals surface area contributed by atoms with E-state index in [-0.39, 0.29) is 29.3 Å². The van der Waals surface area contributed by atoms with Crippen molar-refractivity contribution in [2.24, 2.45) is 18.9 Å². The lowest BCUT2D eigenvalue weighted by Crippen LogP contribution is -2.24. The molecule has 13 heteroatoms. The van der Waals surface area contributed by atoms with Gasteiger partial charge < -0.3 is 18.7 Å². The van der Waals surface area contributed by atoms with Gasteiger partial charge in [-0.1, -0.05) is 11.2 Å². The Morgan fingerprint density at radius 2 is 2.09 bits per heavy atom. The molecule has 10 nitrogen and oxygen atoms in total. The second-order valence-electron chi connectivity index (χ2n) is 8.92. The lowest BCUT2D eigenvalue weighted by atomic mass is 10.1. The van der Waals surface area contributed by atoms with Gasteiger partial charge in [-0.2, -0.15) is 4.98 Å². The number of rotatable bonds is 5. The summed E-state index contributed by atoms with van der Waals surface area (Å²) in [5, 5.41) is 4.18. The Bertz CT molecular complexity index is 1520. The number of hydrogen-bond donors (Lipinski definition) is 0. The number of alkyl halides is 3. The van der Waals surface area contributed by atoms with Crippen LogP contribution in [0.25, 0.3) is 11.2 Å². The van der Waals surface area contributed by atoms with Crippen molar-refractivity contribution in [3.63, 3.8) is 0 Å². The molecule has 2 aliphatic heterocycles. The van der Waals surface area contributed by atoms with Crippen molar-refractivity contribution >= 4 is 16.9 Å². The summed E-state index contributed by atoms with van der Waals surface area (Å²) < 4.78 is 50.3. The predicted molar refractivity (Wildman–Crippen MR) is 109 cm³/mol. The second-order valence-corrected chi connectivity index (χ2v) is 8.92. The average molecular weight is 471 g/mol. The summed E-state index contributed by atoms with van der Waals surface area (Å²) in [7, 11) is 1.72. The summed E-state index contributed by atoms with van der Waals surface area (Å²) in [5.41, 5.74) is 0.928. The summed E-state index contributed by atoms with van der Waals surface area (Å²) in [6.45, 7) is 0.784. The summed E-state index contributed by atoms with van der Waals surface area (Å²) in [5.74, 6) is 1.30. The van der Waals surface area contributed by atoms with Crippen LogP contribution in [-0.4, -0.2) is 48.2 Å². The van der Waals surface area contributed by atoms with Crippen LogP contribution in [0.2, 0.25) is 0 Å². The molecule has 0 amide bonds.